The number of rotatable bonds is 5. The summed E-state index contributed by atoms with van der Waals surface area (Å²) in [6, 6.07) is 7.07. The summed E-state index contributed by atoms with van der Waals surface area (Å²) in [7, 11) is 0. The van der Waals surface area contributed by atoms with Crippen LogP contribution in [0.3, 0.4) is 0 Å². The Balaban J connectivity index is 2.54. The fraction of sp³-hybridized carbons (Fsp3) is 0.400. The largest absolute Gasteiger partial charge is 0.380 e. The van der Waals surface area contributed by atoms with Crippen molar-refractivity contribution in [2.75, 3.05) is 0 Å². The van der Waals surface area contributed by atoms with Crippen molar-refractivity contribution in [2.45, 2.75) is 38.7 Å². The Hall–Kier alpha value is -1.59. The van der Waals surface area contributed by atoms with E-state index in [0.29, 0.717) is 12.0 Å². The van der Waals surface area contributed by atoms with Crippen LogP contribution in [0.4, 0.5) is 0 Å². The molecule has 1 rings (SSSR count). The number of carbonyl (C=O) groups excluding carboxylic acids is 1. The van der Waals surface area contributed by atoms with Crippen LogP contribution in [0.25, 0.3) is 0 Å². The lowest BCUT2D eigenvalue weighted by molar-refractivity contribution is 0.112. The summed E-state index contributed by atoms with van der Waals surface area (Å²) < 4.78 is 0. The van der Waals surface area contributed by atoms with Crippen LogP contribution in [-0.2, 0) is 0 Å². The van der Waals surface area contributed by atoms with Gasteiger partial charge in [0, 0.05) is 11.1 Å². The van der Waals surface area contributed by atoms with E-state index in [1.165, 1.54) is 0 Å². The zero-order valence-corrected chi connectivity index (χ0v) is 10.1. The second-order valence-corrected chi connectivity index (χ2v) is 4.02. The van der Waals surface area contributed by atoms with Crippen LogP contribution in [0.2, 0.25) is 0 Å². The lowest BCUT2D eigenvalue weighted by Gasteiger charge is -2.01. The van der Waals surface area contributed by atoms with Gasteiger partial charge in [0.1, 0.15) is 12.4 Å². The Kier molecular flexibility index (Phi) is 6.06. The number of benzene rings is 1. The Morgan fingerprint density at radius 3 is 2.94 bits per heavy atom. The molecule has 1 N–H and O–H groups in total. The first-order valence-corrected chi connectivity index (χ1v) is 6.01. The molecule has 0 aromatic heterocycles. The third kappa shape index (κ3) is 5.33. The highest BCUT2D eigenvalue weighted by molar-refractivity contribution is 5.75. The monoisotopic (exact) mass is 230 g/mol. The van der Waals surface area contributed by atoms with E-state index >= 15 is 0 Å². The molecule has 0 fully saturated rings. The molecule has 0 heterocycles. The molecular weight excluding hydrogens is 212 g/mol. The first-order valence-electron chi connectivity index (χ1n) is 6.01. The normalized spacial score (nSPS) is 11.4. The van der Waals surface area contributed by atoms with Crippen LogP contribution in [-0.4, -0.2) is 17.5 Å². The van der Waals surface area contributed by atoms with Crippen LogP contribution in [0.1, 0.15) is 48.5 Å². The first-order chi connectivity index (χ1) is 8.26. The molecule has 0 bridgehead atoms. The number of hydrogen-bond acceptors (Lipinski definition) is 2. The van der Waals surface area contributed by atoms with Crippen molar-refractivity contribution in [1.29, 1.82) is 0 Å². The second-order valence-electron chi connectivity index (χ2n) is 4.02. The van der Waals surface area contributed by atoms with Crippen molar-refractivity contribution < 1.29 is 9.90 Å². The van der Waals surface area contributed by atoms with E-state index in [0.717, 1.165) is 31.1 Å². The Labute approximate surface area is 103 Å². The molecule has 0 radical (unpaired) electrons. The van der Waals surface area contributed by atoms with Gasteiger partial charge in [-0.25, -0.2) is 0 Å². The van der Waals surface area contributed by atoms with Crippen molar-refractivity contribution in [3.8, 4) is 11.8 Å². The number of aliphatic hydroxyl groups is 1. The van der Waals surface area contributed by atoms with E-state index in [9.17, 15) is 9.90 Å². The van der Waals surface area contributed by atoms with Gasteiger partial charge in [0.05, 0.1) is 0 Å². The van der Waals surface area contributed by atoms with Crippen LogP contribution in [0.5, 0.6) is 0 Å². The number of aliphatic hydroxyl groups excluding tert-OH is 1. The topological polar surface area (TPSA) is 37.3 Å². The maximum Gasteiger partial charge on any atom is 0.150 e. The second kappa shape index (κ2) is 7.65. The summed E-state index contributed by atoms with van der Waals surface area (Å²) in [4.78, 5) is 10.6. The van der Waals surface area contributed by atoms with Crippen LogP contribution >= 0.6 is 0 Å². The minimum atomic E-state index is -0.568. The van der Waals surface area contributed by atoms with Crippen molar-refractivity contribution in [3.63, 3.8) is 0 Å². The summed E-state index contributed by atoms with van der Waals surface area (Å²) in [5.74, 6) is 5.69. The molecule has 2 heteroatoms. The fourth-order valence-corrected chi connectivity index (χ4v) is 1.52. The highest BCUT2D eigenvalue weighted by atomic mass is 16.3. The van der Waals surface area contributed by atoms with Gasteiger partial charge in [-0.2, -0.15) is 0 Å². The van der Waals surface area contributed by atoms with Gasteiger partial charge >= 0.3 is 0 Å². The standard InChI is InChI=1S/C15H18O2/c1-2-3-4-8-15(17)10-9-13-6-5-7-14(11-13)12-16/h5-7,11-12,15,17H,2-4,8H2,1H3. The number of aldehydes is 1. The molecule has 0 aliphatic heterocycles. The van der Waals surface area contributed by atoms with Gasteiger partial charge in [0.15, 0.2) is 0 Å². The molecule has 0 amide bonds. The van der Waals surface area contributed by atoms with Gasteiger partial charge in [0.25, 0.3) is 0 Å². The summed E-state index contributed by atoms with van der Waals surface area (Å²) in [5.41, 5.74) is 1.38. The van der Waals surface area contributed by atoms with Gasteiger partial charge < -0.3 is 5.11 Å². The molecular formula is C15H18O2. The Morgan fingerprint density at radius 1 is 1.41 bits per heavy atom. The summed E-state index contributed by atoms with van der Waals surface area (Å²) in [5, 5.41) is 9.62. The molecule has 1 aromatic carbocycles. The minimum absolute atomic E-state index is 0.568. The van der Waals surface area contributed by atoms with E-state index < -0.39 is 6.10 Å². The van der Waals surface area contributed by atoms with E-state index in [4.69, 9.17) is 0 Å². The quantitative estimate of drug-likeness (QED) is 0.480. The predicted molar refractivity (Wildman–Crippen MR) is 68.9 cm³/mol. The highest BCUT2D eigenvalue weighted by Crippen LogP contribution is 2.04. The average molecular weight is 230 g/mol. The van der Waals surface area contributed by atoms with Crippen molar-refractivity contribution in [3.05, 3.63) is 35.4 Å². The summed E-state index contributed by atoms with van der Waals surface area (Å²) in [6.45, 7) is 2.13. The first kappa shape index (κ1) is 13.5. The van der Waals surface area contributed by atoms with Gasteiger partial charge in [0.2, 0.25) is 0 Å². The summed E-state index contributed by atoms with van der Waals surface area (Å²) in [6.07, 6.45) is 4.21. The number of hydrogen-bond donors (Lipinski definition) is 1. The Bertz CT molecular complexity index is 412. The molecule has 0 aliphatic carbocycles. The third-order valence-corrected chi connectivity index (χ3v) is 2.49. The zero-order chi connectivity index (χ0) is 12.5. The van der Waals surface area contributed by atoms with E-state index in [2.05, 4.69) is 18.8 Å². The number of carbonyl (C=O) groups is 1. The van der Waals surface area contributed by atoms with Gasteiger partial charge in [-0.15, -0.1) is 0 Å². The van der Waals surface area contributed by atoms with Crippen LogP contribution in [0.15, 0.2) is 24.3 Å². The Morgan fingerprint density at radius 2 is 2.24 bits per heavy atom. The van der Waals surface area contributed by atoms with Crippen molar-refractivity contribution >= 4 is 6.29 Å². The third-order valence-electron chi connectivity index (χ3n) is 2.49. The van der Waals surface area contributed by atoms with E-state index in [-0.39, 0.29) is 0 Å². The molecule has 0 saturated carbocycles. The molecule has 17 heavy (non-hydrogen) atoms. The zero-order valence-electron chi connectivity index (χ0n) is 10.1. The smallest absolute Gasteiger partial charge is 0.150 e. The van der Waals surface area contributed by atoms with Gasteiger partial charge in [-0.3, -0.25) is 4.79 Å². The SMILES string of the molecule is CCCCCC(O)C#Cc1cccc(C=O)c1. The van der Waals surface area contributed by atoms with Crippen LogP contribution < -0.4 is 0 Å². The van der Waals surface area contributed by atoms with E-state index in [1.54, 1.807) is 18.2 Å². The predicted octanol–water partition coefficient (Wildman–Crippen LogP) is 2.79. The van der Waals surface area contributed by atoms with Gasteiger partial charge in [-0.05, 0) is 25.0 Å². The maximum absolute atomic E-state index is 10.6. The molecule has 90 valence electrons. The average Bonchev–Trinajstić information content (AvgIpc) is 2.37. The fourth-order valence-electron chi connectivity index (χ4n) is 1.52. The molecule has 1 atom stereocenters. The molecule has 1 unspecified atom stereocenters. The van der Waals surface area contributed by atoms with E-state index in [1.807, 2.05) is 6.07 Å². The van der Waals surface area contributed by atoms with Crippen LogP contribution in [0, 0.1) is 11.8 Å². The lowest BCUT2D eigenvalue weighted by atomic mass is 10.1. The van der Waals surface area contributed by atoms with Gasteiger partial charge in [-0.1, -0.05) is 43.7 Å². The molecule has 0 aliphatic rings. The molecule has 1 aromatic rings. The van der Waals surface area contributed by atoms with Crippen molar-refractivity contribution in [2.24, 2.45) is 0 Å². The highest BCUT2D eigenvalue weighted by Gasteiger charge is 1.98. The maximum atomic E-state index is 10.6. The lowest BCUT2D eigenvalue weighted by Crippen LogP contribution is -2.02. The summed E-state index contributed by atoms with van der Waals surface area (Å²) >= 11 is 0. The molecule has 2 nitrogen and oxygen atoms in total. The minimum Gasteiger partial charge on any atom is -0.380 e. The van der Waals surface area contributed by atoms with Crippen molar-refractivity contribution in [1.82, 2.24) is 0 Å². The molecule has 0 saturated heterocycles. The number of unbranched alkanes of at least 4 members (excludes halogenated alkanes) is 2. The molecule has 0 spiro atoms.